The maximum atomic E-state index is 12.6. The summed E-state index contributed by atoms with van der Waals surface area (Å²) in [5, 5.41) is 3.23. The van der Waals surface area contributed by atoms with Gasteiger partial charge in [-0.2, -0.15) is 0 Å². The van der Waals surface area contributed by atoms with Crippen LogP contribution in [0.15, 0.2) is 18.5 Å². The molecule has 1 saturated heterocycles. The third-order valence-corrected chi connectivity index (χ3v) is 3.87. The van der Waals surface area contributed by atoms with Crippen molar-refractivity contribution >= 4 is 11.6 Å². The summed E-state index contributed by atoms with van der Waals surface area (Å²) in [5.74, 6) is 1.37. The molecule has 1 aliphatic heterocycles. The first-order chi connectivity index (χ1) is 9.13. The van der Waals surface area contributed by atoms with Crippen molar-refractivity contribution in [2.75, 3.05) is 25.0 Å². The van der Waals surface area contributed by atoms with Crippen LogP contribution < -0.4 is 5.32 Å². The second-order valence-corrected chi connectivity index (χ2v) is 5.50. The lowest BCUT2D eigenvalue weighted by Gasteiger charge is -2.19. The van der Waals surface area contributed by atoms with E-state index >= 15 is 0 Å². The Morgan fingerprint density at radius 3 is 3.00 bits per heavy atom. The Balaban J connectivity index is 2.12. The van der Waals surface area contributed by atoms with Crippen molar-refractivity contribution in [2.24, 2.45) is 11.8 Å². The molecule has 1 aromatic heterocycles. The normalized spacial score (nSPS) is 18.9. The summed E-state index contributed by atoms with van der Waals surface area (Å²) in [7, 11) is 0. The number of rotatable bonds is 4. The number of carbonyl (C=O) groups is 1. The average molecular weight is 261 g/mol. The smallest absolute Gasteiger partial charge is 0.257 e. The van der Waals surface area contributed by atoms with Gasteiger partial charge in [-0.3, -0.25) is 9.78 Å². The zero-order chi connectivity index (χ0) is 13.8. The minimum atomic E-state index is 0.104. The standard InChI is InChI=1S/C15H23N3O/c1-4-17-14-5-7-16-9-13(14)15(19)18-8-6-12(10-18)11(2)3/h5,7,9,11-12H,4,6,8,10H2,1-3H3,(H,16,17). The van der Waals surface area contributed by atoms with Crippen molar-refractivity contribution in [3.05, 3.63) is 24.0 Å². The van der Waals surface area contributed by atoms with Gasteiger partial charge in [0.05, 0.1) is 11.3 Å². The van der Waals surface area contributed by atoms with Crippen molar-refractivity contribution in [3.8, 4) is 0 Å². The maximum absolute atomic E-state index is 12.6. The van der Waals surface area contributed by atoms with Crippen molar-refractivity contribution < 1.29 is 4.79 Å². The summed E-state index contributed by atoms with van der Waals surface area (Å²) >= 11 is 0. The fraction of sp³-hybridized carbons (Fsp3) is 0.600. The molecule has 0 saturated carbocycles. The Morgan fingerprint density at radius 2 is 2.37 bits per heavy atom. The van der Waals surface area contributed by atoms with E-state index in [-0.39, 0.29) is 5.91 Å². The first-order valence-electron chi connectivity index (χ1n) is 7.10. The summed E-state index contributed by atoms with van der Waals surface area (Å²) in [6, 6.07) is 1.87. The number of nitrogens with one attached hydrogen (secondary N) is 1. The molecule has 1 N–H and O–H groups in total. The number of pyridine rings is 1. The van der Waals surface area contributed by atoms with E-state index in [9.17, 15) is 4.79 Å². The molecule has 2 rings (SSSR count). The summed E-state index contributed by atoms with van der Waals surface area (Å²) in [5.41, 5.74) is 1.57. The number of likely N-dealkylation sites (tertiary alicyclic amines) is 1. The van der Waals surface area contributed by atoms with Crippen molar-refractivity contribution in [2.45, 2.75) is 27.2 Å². The predicted octanol–water partition coefficient (Wildman–Crippen LogP) is 2.63. The predicted molar refractivity (Wildman–Crippen MR) is 77.2 cm³/mol. The van der Waals surface area contributed by atoms with Crippen LogP contribution in [0.4, 0.5) is 5.69 Å². The van der Waals surface area contributed by atoms with Gasteiger partial charge in [0.15, 0.2) is 0 Å². The highest BCUT2D eigenvalue weighted by Crippen LogP contribution is 2.26. The molecule has 1 amide bonds. The number of anilines is 1. The van der Waals surface area contributed by atoms with Gasteiger partial charge < -0.3 is 10.2 Å². The van der Waals surface area contributed by atoms with Crippen LogP contribution >= 0.6 is 0 Å². The Labute approximate surface area is 115 Å². The second kappa shape index (κ2) is 6.04. The minimum absolute atomic E-state index is 0.104. The van der Waals surface area contributed by atoms with Crippen LogP contribution in [0.5, 0.6) is 0 Å². The lowest BCUT2D eigenvalue weighted by molar-refractivity contribution is 0.0784. The second-order valence-electron chi connectivity index (χ2n) is 5.50. The molecule has 104 valence electrons. The molecule has 1 fully saturated rings. The lowest BCUT2D eigenvalue weighted by Crippen LogP contribution is -2.30. The summed E-state index contributed by atoms with van der Waals surface area (Å²) in [6.07, 6.45) is 4.50. The van der Waals surface area contributed by atoms with E-state index in [1.807, 2.05) is 17.9 Å². The van der Waals surface area contributed by atoms with Gasteiger partial charge in [-0.05, 0) is 31.2 Å². The highest BCUT2D eigenvalue weighted by atomic mass is 16.2. The number of carbonyl (C=O) groups excluding carboxylic acids is 1. The number of hydrogen-bond acceptors (Lipinski definition) is 3. The van der Waals surface area contributed by atoms with Crippen LogP contribution in [0.1, 0.15) is 37.6 Å². The molecule has 19 heavy (non-hydrogen) atoms. The fourth-order valence-corrected chi connectivity index (χ4v) is 2.60. The SMILES string of the molecule is CCNc1ccncc1C(=O)N1CCC(C(C)C)C1. The molecule has 0 radical (unpaired) electrons. The number of nitrogens with zero attached hydrogens (tertiary/aromatic N) is 2. The third kappa shape index (κ3) is 3.06. The van der Waals surface area contributed by atoms with E-state index in [1.165, 1.54) is 0 Å². The van der Waals surface area contributed by atoms with Gasteiger partial charge in [0.1, 0.15) is 0 Å². The molecule has 1 aromatic rings. The average Bonchev–Trinajstić information content (AvgIpc) is 2.89. The summed E-state index contributed by atoms with van der Waals surface area (Å²) in [4.78, 5) is 18.6. The van der Waals surface area contributed by atoms with Gasteiger partial charge in [0, 0.05) is 32.0 Å². The monoisotopic (exact) mass is 261 g/mol. The number of aromatic nitrogens is 1. The van der Waals surface area contributed by atoms with Crippen LogP contribution in [0.25, 0.3) is 0 Å². The number of hydrogen-bond donors (Lipinski definition) is 1. The molecule has 0 aromatic carbocycles. The molecular weight excluding hydrogens is 238 g/mol. The highest BCUT2D eigenvalue weighted by Gasteiger charge is 2.29. The lowest BCUT2D eigenvalue weighted by atomic mass is 9.95. The molecular formula is C15H23N3O. The fourth-order valence-electron chi connectivity index (χ4n) is 2.60. The molecule has 0 bridgehead atoms. The van der Waals surface area contributed by atoms with Gasteiger partial charge in [0.2, 0.25) is 0 Å². The molecule has 1 aliphatic rings. The van der Waals surface area contributed by atoms with Crippen LogP contribution in [0, 0.1) is 11.8 Å². The minimum Gasteiger partial charge on any atom is -0.385 e. The zero-order valence-corrected chi connectivity index (χ0v) is 12.0. The van der Waals surface area contributed by atoms with E-state index in [4.69, 9.17) is 0 Å². The maximum Gasteiger partial charge on any atom is 0.257 e. The topological polar surface area (TPSA) is 45.2 Å². The van der Waals surface area contributed by atoms with Gasteiger partial charge in [-0.25, -0.2) is 0 Å². The van der Waals surface area contributed by atoms with Gasteiger partial charge in [-0.1, -0.05) is 13.8 Å². The molecule has 0 spiro atoms. The first kappa shape index (κ1) is 13.8. The number of amides is 1. The quantitative estimate of drug-likeness (QED) is 0.906. The zero-order valence-electron chi connectivity index (χ0n) is 12.0. The highest BCUT2D eigenvalue weighted by molar-refractivity contribution is 5.99. The summed E-state index contributed by atoms with van der Waals surface area (Å²) in [6.45, 7) is 9.02. The van der Waals surface area contributed by atoms with Crippen LogP contribution in [0.2, 0.25) is 0 Å². The van der Waals surface area contributed by atoms with E-state index in [0.717, 1.165) is 31.7 Å². The van der Waals surface area contributed by atoms with Gasteiger partial charge >= 0.3 is 0 Å². The molecule has 1 atom stereocenters. The Morgan fingerprint density at radius 1 is 1.58 bits per heavy atom. The van der Waals surface area contributed by atoms with E-state index in [0.29, 0.717) is 17.4 Å². The van der Waals surface area contributed by atoms with Crippen molar-refractivity contribution in [1.29, 1.82) is 0 Å². The Hall–Kier alpha value is -1.58. The van der Waals surface area contributed by atoms with Crippen molar-refractivity contribution in [3.63, 3.8) is 0 Å². The van der Waals surface area contributed by atoms with Crippen LogP contribution in [-0.4, -0.2) is 35.4 Å². The molecule has 2 heterocycles. The van der Waals surface area contributed by atoms with Gasteiger partial charge in [0.25, 0.3) is 5.91 Å². The van der Waals surface area contributed by atoms with E-state index in [2.05, 4.69) is 24.1 Å². The summed E-state index contributed by atoms with van der Waals surface area (Å²) < 4.78 is 0. The Kier molecular flexibility index (Phi) is 4.40. The third-order valence-electron chi connectivity index (χ3n) is 3.87. The molecule has 4 heteroatoms. The molecule has 0 aliphatic carbocycles. The van der Waals surface area contributed by atoms with Crippen LogP contribution in [-0.2, 0) is 0 Å². The van der Waals surface area contributed by atoms with Crippen molar-refractivity contribution in [1.82, 2.24) is 9.88 Å². The first-order valence-corrected chi connectivity index (χ1v) is 7.10. The molecule has 4 nitrogen and oxygen atoms in total. The van der Waals surface area contributed by atoms with Crippen LogP contribution in [0.3, 0.4) is 0 Å². The van der Waals surface area contributed by atoms with Gasteiger partial charge in [-0.15, -0.1) is 0 Å². The molecule has 1 unspecified atom stereocenters. The largest absolute Gasteiger partial charge is 0.385 e. The van der Waals surface area contributed by atoms with E-state index < -0.39 is 0 Å². The Bertz CT molecular complexity index is 445. The van der Waals surface area contributed by atoms with E-state index in [1.54, 1.807) is 12.4 Å².